The molecule has 3 heterocycles. The molecular formula is C26H23FN4O2. The van der Waals surface area contributed by atoms with Gasteiger partial charge in [-0.1, -0.05) is 17.3 Å². The highest BCUT2D eigenvalue weighted by molar-refractivity contribution is 5.66. The summed E-state index contributed by atoms with van der Waals surface area (Å²) in [5, 5.41) is 4.20. The van der Waals surface area contributed by atoms with Crippen molar-refractivity contribution in [3.05, 3.63) is 84.1 Å². The van der Waals surface area contributed by atoms with Crippen LogP contribution in [0, 0.1) is 12.7 Å². The quantitative estimate of drug-likeness (QED) is 0.323. The van der Waals surface area contributed by atoms with E-state index in [1.165, 1.54) is 0 Å². The smallest absolute Gasteiger partial charge is 0.163 e. The van der Waals surface area contributed by atoms with Crippen LogP contribution in [0.2, 0.25) is 0 Å². The molecule has 166 valence electrons. The Balaban J connectivity index is 1.35. The van der Waals surface area contributed by atoms with E-state index >= 15 is 0 Å². The fourth-order valence-corrected chi connectivity index (χ4v) is 3.67. The SMILES string of the molecule is Cc1cccc(-c2nc3ccn(Cc4cc(-c5ccc(OC(C)C)cc5)no4)cc-3n2)c1F. The molecule has 0 spiro atoms. The first-order chi connectivity index (χ1) is 16.0. The summed E-state index contributed by atoms with van der Waals surface area (Å²) < 4.78 is 27.7. The number of nitrogens with zero attached hydrogens (tertiary/aromatic N) is 4. The highest BCUT2D eigenvalue weighted by atomic mass is 19.1. The molecule has 0 amide bonds. The number of benzene rings is 2. The monoisotopic (exact) mass is 442 g/mol. The maximum atomic E-state index is 14.5. The van der Waals surface area contributed by atoms with Crippen LogP contribution in [-0.2, 0) is 6.54 Å². The molecule has 6 nitrogen and oxygen atoms in total. The molecule has 33 heavy (non-hydrogen) atoms. The van der Waals surface area contributed by atoms with Crippen LogP contribution in [0.5, 0.6) is 5.75 Å². The van der Waals surface area contributed by atoms with Gasteiger partial charge in [0, 0.05) is 24.0 Å². The van der Waals surface area contributed by atoms with Gasteiger partial charge >= 0.3 is 0 Å². The van der Waals surface area contributed by atoms with Crippen molar-refractivity contribution in [2.75, 3.05) is 0 Å². The number of rotatable bonds is 6. The minimum absolute atomic E-state index is 0.128. The summed E-state index contributed by atoms with van der Waals surface area (Å²) in [6.45, 7) is 6.21. The highest BCUT2D eigenvalue weighted by Crippen LogP contribution is 2.28. The van der Waals surface area contributed by atoms with E-state index in [9.17, 15) is 4.39 Å². The van der Waals surface area contributed by atoms with Crippen molar-refractivity contribution < 1.29 is 13.7 Å². The molecule has 0 unspecified atom stereocenters. The van der Waals surface area contributed by atoms with Gasteiger partial charge in [-0.15, -0.1) is 0 Å². The predicted octanol–water partition coefficient (Wildman–Crippen LogP) is 5.99. The van der Waals surface area contributed by atoms with Gasteiger partial charge in [-0.2, -0.15) is 0 Å². The molecule has 2 aliphatic heterocycles. The van der Waals surface area contributed by atoms with Crippen molar-refractivity contribution in [1.29, 1.82) is 0 Å². The fourth-order valence-electron chi connectivity index (χ4n) is 3.67. The van der Waals surface area contributed by atoms with Gasteiger partial charge in [0.15, 0.2) is 11.6 Å². The number of pyridine rings is 1. The maximum absolute atomic E-state index is 14.5. The van der Waals surface area contributed by atoms with Crippen LogP contribution < -0.4 is 4.74 Å². The van der Waals surface area contributed by atoms with E-state index < -0.39 is 0 Å². The zero-order valence-electron chi connectivity index (χ0n) is 18.6. The number of hydrogen-bond acceptors (Lipinski definition) is 5. The molecule has 5 rings (SSSR count). The van der Waals surface area contributed by atoms with Gasteiger partial charge in [-0.3, -0.25) is 0 Å². The van der Waals surface area contributed by atoms with Crippen molar-refractivity contribution in [3.63, 3.8) is 0 Å². The number of aromatic nitrogens is 4. The summed E-state index contributed by atoms with van der Waals surface area (Å²) in [5.41, 5.74) is 4.08. The van der Waals surface area contributed by atoms with Gasteiger partial charge in [-0.25, -0.2) is 14.4 Å². The zero-order chi connectivity index (χ0) is 22.9. The molecule has 3 aromatic rings. The Labute approximate surface area is 191 Å². The van der Waals surface area contributed by atoms with E-state index in [4.69, 9.17) is 9.26 Å². The molecule has 7 heteroatoms. The third-order valence-electron chi connectivity index (χ3n) is 5.28. The van der Waals surface area contributed by atoms with Crippen molar-refractivity contribution in [1.82, 2.24) is 19.7 Å². The second kappa shape index (κ2) is 8.50. The maximum Gasteiger partial charge on any atom is 0.163 e. The van der Waals surface area contributed by atoms with Gasteiger partial charge in [0.05, 0.1) is 23.9 Å². The van der Waals surface area contributed by atoms with Crippen molar-refractivity contribution >= 4 is 0 Å². The number of imidazole rings is 1. The van der Waals surface area contributed by atoms with Gasteiger partial charge in [-0.05, 0) is 62.7 Å². The Morgan fingerprint density at radius 1 is 1.00 bits per heavy atom. The van der Waals surface area contributed by atoms with Crippen molar-refractivity contribution in [2.45, 2.75) is 33.4 Å². The lowest BCUT2D eigenvalue weighted by molar-refractivity contribution is 0.242. The average Bonchev–Trinajstić information content (AvgIpc) is 3.42. The molecule has 0 fully saturated rings. The van der Waals surface area contributed by atoms with E-state index in [0.717, 1.165) is 17.0 Å². The topological polar surface area (TPSA) is 66.0 Å². The molecule has 0 atom stereocenters. The van der Waals surface area contributed by atoms with Gasteiger partial charge < -0.3 is 13.8 Å². The van der Waals surface area contributed by atoms with Crippen LogP contribution in [0.1, 0.15) is 25.2 Å². The van der Waals surface area contributed by atoms with Crippen LogP contribution in [-0.4, -0.2) is 25.8 Å². The zero-order valence-corrected chi connectivity index (χ0v) is 18.6. The molecule has 2 aliphatic rings. The Kier molecular flexibility index (Phi) is 5.38. The predicted molar refractivity (Wildman–Crippen MR) is 124 cm³/mol. The average molecular weight is 442 g/mol. The van der Waals surface area contributed by atoms with E-state index in [-0.39, 0.29) is 11.9 Å². The molecule has 0 radical (unpaired) electrons. The summed E-state index contributed by atoms with van der Waals surface area (Å²) in [7, 11) is 0. The minimum atomic E-state index is -0.293. The molecule has 0 bridgehead atoms. The number of fused-ring (bicyclic) bond motifs is 1. The lowest BCUT2D eigenvalue weighted by Crippen LogP contribution is -2.05. The summed E-state index contributed by atoms with van der Waals surface area (Å²) in [6, 6.07) is 16.8. The second-order valence-electron chi connectivity index (χ2n) is 8.24. The largest absolute Gasteiger partial charge is 0.491 e. The Morgan fingerprint density at radius 2 is 1.79 bits per heavy atom. The molecule has 0 saturated carbocycles. The number of ether oxygens (including phenoxy) is 1. The van der Waals surface area contributed by atoms with Gasteiger partial charge in [0.2, 0.25) is 0 Å². The van der Waals surface area contributed by atoms with Crippen molar-refractivity contribution in [3.8, 4) is 39.8 Å². The van der Waals surface area contributed by atoms with Crippen LogP contribution >= 0.6 is 0 Å². The third kappa shape index (κ3) is 4.35. The molecule has 0 aliphatic carbocycles. The first-order valence-electron chi connectivity index (χ1n) is 10.8. The van der Waals surface area contributed by atoms with E-state index in [2.05, 4.69) is 15.1 Å². The number of hydrogen-bond donors (Lipinski definition) is 0. The fraction of sp³-hybridized carbons (Fsp3) is 0.192. The van der Waals surface area contributed by atoms with E-state index in [0.29, 0.717) is 40.6 Å². The summed E-state index contributed by atoms with van der Waals surface area (Å²) in [4.78, 5) is 9.03. The Morgan fingerprint density at radius 3 is 2.58 bits per heavy atom. The normalized spacial score (nSPS) is 11.4. The first kappa shape index (κ1) is 20.9. The third-order valence-corrected chi connectivity index (χ3v) is 5.28. The Bertz CT molecular complexity index is 1370. The lowest BCUT2D eigenvalue weighted by Gasteiger charge is -2.09. The first-order valence-corrected chi connectivity index (χ1v) is 10.8. The van der Waals surface area contributed by atoms with Gasteiger partial charge in [0.1, 0.15) is 23.0 Å². The summed E-state index contributed by atoms with van der Waals surface area (Å²) in [5.74, 6) is 1.62. The number of aryl methyl sites for hydroxylation is 1. The summed E-state index contributed by atoms with van der Waals surface area (Å²) in [6.07, 6.45) is 3.90. The summed E-state index contributed by atoms with van der Waals surface area (Å²) >= 11 is 0. The lowest BCUT2D eigenvalue weighted by atomic mass is 10.1. The molecule has 2 aromatic carbocycles. The molecule has 0 N–H and O–H groups in total. The van der Waals surface area contributed by atoms with Gasteiger partial charge in [0.25, 0.3) is 0 Å². The minimum Gasteiger partial charge on any atom is -0.491 e. The number of halogens is 1. The van der Waals surface area contributed by atoms with Crippen LogP contribution in [0.3, 0.4) is 0 Å². The van der Waals surface area contributed by atoms with Crippen LogP contribution in [0.4, 0.5) is 4.39 Å². The molecule has 0 saturated heterocycles. The standard InChI is InChI=1S/C26H23FN4O2/c1-16(2)32-19-9-7-18(8-10-19)23-13-20(33-30-23)14-31-12-11-22-24(15-31)29-26(28-22)21-6-4-5-17(3)25(21)27/h4-13,15-16H,14H2,1-3H3. The molecular weight excluding hydrogens is 419 g/mol. The van der Waals surface area contributed by atoms with Crippen LogP contribution in [0.15, 0.2) is 71.5 Å². The highest BCUT2D eigenvalue weighted by Gasteiger charge is 2.17. The Hall–Kier alpha value is -4.00. The van der Waals surface area contributed by atoms with Crippen molar-refractivity contribution in [2.24, 2.45) is 0 Å². The van der Waals surface area contributed by atoms with E-state index in [1.54, 1.807) is 25.1 Å². The molecule has 1 aromatic heterocycles. The second-order valence-corrected chi connectivity index (χ2v) is 8.24. The van der Waals surface area contributed by atoms with E-state index in [1.807, 2.05) is 67.2 Å². The van der Waals surface area contributed by atoms with Crippen LogP contribution in [0.25, 0.3) is 34.0 Å².